The van der Waals surface area contributed by atoms with Gasteiger partial charge in [-0.25, -0.2) is 14.4 Å². The van der Waals surface area contributed by atoms with Gasteiger partial charge in [-0.2, -0.15) is 15.3 Å². The zero-order valence-corrected chi connectivity index (χ0v) is 18.2. The molecule has 0 unspecified atom stereocenters. The summed E-state index contributed by atoms with van der Waals surface area (Å²) in [5, 5.41) is 22.0. The van der Waals surface area contributed by atoms with Crippen molar-refractivity contribution in [3.63, 3.8) is 0 Å². The number of aromatic amines is 2. The van der Waals surface area contributed by atoms with Gasteiger partial charge in [-0.05, 0) is 36.4 Å². The molecule has 6 rings (SSSR count). The Morgan fingerprint density at radius 3 is 2.77 bits per heavy atom. The van der Waals surface area contributed by atoms with Gasteiger partial charge in [0, 0.05) is 22.7 Å². The van der Waals surface area contributed by atoms with Crippen LogP contribution in [0.4, 0.5) is 21.6 Å². The van der Waals surface area contributed by atoms with E-state index in [4.69, 9.17) is 0 Å². The summed E-state index contributed by atoms with van der Waals surface area (Å²) in [6.07, 6.45) is 6.33. The highest BCUT2D eigenvalue weighted by Crippen LogP contribution is 2.28. The molecule has 4 aromatic heterocycles. The number of aromatic nitrogens is 7. The summed E-state index contributed by atoms with van der Waals surface area (Å²) in [7, 11) is 0. The van der Waals surface area contributed by atoms with Gasteiger partial charge in [-0.15, -0.1) is 0 Å². The molecule has 0 saturated carbocycles. The van der Waals surface area contributed by atoms with Crippen LogP contribution in [0.2, 0.25) is 0 Å². The summed E-state index contributed by atoms with van der Waals surface area (Å²) in [6, 6.07) is 14.8. The van der Waals surface area contributed by atoms with Crippen LogP contribution in [0.5, 0.6) is 0 Å². The molecule has 0 fully saturated rings. The van der Waals surface area contributed by atoms with Gasteiger partial charge in [0.05, 0.1) is 52.3 Å². The molecule has 4 heterocycles. The summed E-state index contributed by atoms with van der Waals surface area (Å²) in [5.74, 6) is 0.596. The minimum atomic E-state index is -0.395. The van der Waals surface area contributed by atoms with Crippen LogP contribution in [0, 0.1) is 5.82 Å². The molecule has 10 heteroatoms. The van der Waals surface area contributed by atoms with Crippen molar-refractivity contribution in [1.82, 2.24) is 35.3 Å². The molecular weight excluding hydrogens is 445 g/mol. The summed E-state index contributed by atoms with van der Waals surface area (Å²) in [5.41, 5.74) is 5.01. The van der Waals surface area contributed by atoms with Crippen molar-refractivity contribution in [3.8, 4) is 11.4 Å². The van der Waals surface area contributed by atoms with Crippen LogP contribution in [0.15, 0.2) is 79.9 Å². The van der Waals surface area contributed by atoms with Gasteiger partial charge in [0.1, 0.15) is 5.82 Å². The molecule has 0 atom stereocenters. The first-order valence-corrected chi connectivity index (χ1v) is 10.7. The number of hydrogen-bond donors (Lipinski definition) is 4. The second-order valence-corrected chi connectivity index (χ2v) is 7.87. The van der Waals surface area contributed by atoms with Crippen molar-refractivity contribution in [2.45, 2.75) is 0 Å². The second-order valence-electron chi connectivity index (χ2n) is 7.87. The normalized spacial score (nSPS) is 11.1. The molecule has 0 amide bonds. The molecule has 6 aromatic rings. The lowest BCUT2D eigenvalue weighted by Gasteiger charge is -2.08. The third-order valence-electron chi connectivity index (χ3n) is 5.56. The molecule has 0 radical (unpaired) electrons. The Labute approximate surface area is 198 Å². The maximum Gasteiger partial charge on any atom is 0.161 e. The molecule has 0 saturated heterocycles. The Morgan fingerprint density at radius 2 is 1.89 bits per heavy atom. The number of H-pyrrole nitrogens is 2. The van der Waals surface area contributed by atoms with Crippen LogP contribution in [0.1, 0.15) is 5.69 Å². The van der Waals surface area contributed by atoms with Crippen molar-refractivity contribution in [1.29, 1.82) is 0 Å². The maximum atomic E-state index is 14.8. The second kappa shape index (κ2) is 8.34. The van der Waals surface area contributed by atoms with Gasteiger partial charge in [0.2, 0.25) is 0 Å². The lowest BCUT2D eigenvalue weighted by atomic mass is 10.1. The van der Waals surface area contributed by atoms with Crippen LogP contribution in [-0.2, 0) is 0 Å². The average molecular weight is 463 g/mol. The van der Waals surface area contributed by atoms with E-state index in [1.807, 2.05) is 30.3 Å². The molecule has 0 aliphatic carbocycles. The molecule has 0 aliphatic heterocycles. The van der Waals surface area contributed by atoms with Gasteiger partial charge in [-0.1, -0.05) is 18.7 Å². The number of benzene rings is 2. The Bertz CT molecular complexity index is 1690. The third kappa shape index (κ3) is 3.93. The molecule has 0 bridgehead atoms. The first kappa shape index (κ1) is 20.5. The van der Waals surface area contributed by atoms with Gasteiger partial charge < -0.3 is 15.6 Å². The van der Waals surface area contributed by atoms with Gasteiger partial charge in [0.25, 0.3) is 0 Å². The predicted octanol–water partition coefficient (Wildman–Crippen LogP) is 5.26. The lowest BCUT2D eigenvalue weighted by Crippen LogP contribution is -1.99. The van der Waals surface area contributed by atoms with E-state index in [2.05, 4.69) is 52.6 Å². The number of rotatable bonds is 6. The lowest BCUT2D eigenvalue weighted by molar-refractivity contribution is 0.643. The number of nitrogens with one attached hydrogen (secondary N) is 4. The zero-order valence-electron chi connectivity index (χ0n) is 18.2. The van der Waals surface area contributed by atoms with Crippen molar-refractivity contribution in [2.24, 2.45) is 0 Å². The van der Waals surface area contributed by atoms with Crippen molar-refractivity contribution in [3.05, 3.63) is 91.4 Å². The molecular formula is C25H18FN9. The molecule has 0 aliphatic rings. The van der Waals surface area contributed by atoms with Gasteiger partial charge >= 0.3 is 0 Å². The Hall–Kier alpha value is -5.12. The van der Waals surface area contributed by atoms with E-state index in [1.54, 1.807) is 36.8 Å². The molecule has 170 valence electrons. The summed E-state index contributed by atoms with van der Waals surface area (Å²) < 4.78 is 14.8. The van der Waals surface area contributed by atoms with Crippen molar-refractivity contribution in [2.75, 3.05) is 10.6 Å². The Morgan fingerprint density at radius 1 is 0.943 bits per heavy atom. The number of fused-ring (bicyclic) bond motifs is 2. The summed E-state index contributed by atoms with van der Waals surface area (Å²) in [4.78, 5) is 12.4. The van der Waals surface area contributed by atoms with Gasteiger partial charge in [-0.3, -0.25) is 5.10 Å². The highest BCUT2D eigenvalue weighted by Gasteiger charge is 2.12. The SMILES string of the molecule is C=C(Nc1ccnnc1)c1cc2ccc(-c3nccc(Nc4ccc5[nH]ncc5c4F)n3)cc2[nH]1. The zero-order chi connectivity index (χ0) is 23.8. The van der Waals surface area contributed by atoms with Crippen molar-refractivity contribution >= 4 is 44.7 Å². The minimum Gasteiger partial charge on any atom is -0.353 e. The van der Waals surface area contributed by atoms with E-state index in [1.165, 1.54) is 6.20 Å². The summed E-state index contributed by atoms with van der Waals surface area (Å²) in [6.45, 7) is 4.11. The monoisotopic (exact) mass is 463 g/mol. The average Bonchev–Trinajstić information content (AvgIpc) is 3.54. The largest absolute Gasteiger partial charge is 0.353 e. The smallest absolute Gasteiger partial charge is 0.161 e. The van der Waals surface area contributed by atoms with Crippen LogP contribution >= 0.6 is 0 Å². The van der Waals surface area contributed by atoms with E-state index >= 15 is 0 Å². The Balaban J connectivity index is 1.27. The van der Waals surface area contributed by atoms with E-state index < -0.39 is 5.82 Å². The first-order chi connectivity index (χ1) is 17.1. The first-order valence-electron chi connectivity index (χ1n) is 10.7. The molecule has 2 aromatic carbocycles. The molecule has 9 nitrogen and oxygen atoms in total. The van der Waals surface area contributed by atoms with Crippen LogP contribution in [-0.4, -0.2) is 35.3 Å². The van der Waals surface area contributed by atoms with Crippen LogP contribution in [0.25, 0.3) is 38.9 Å². The molecule has 0 spiro atoms. The minimum absolute atomic E-state index is 0.309. The van der Waals surface area contributed by atoms with Crippen molar-refractivity contribution < 1.29 is 4.39 Å². The Kier molecular flexibility index (Phi) is 4.88. The van der Waals surface area contributed by atoms with E-state index in [9.17, 15) is 4.39 Å². The number of nitrogens with zero attached hydrogens (tertiary/aromatic N) is 5. The van der Waals surface area contributed by atoms with Gasteiger partial charge in [0.15, 0.2) is 11.6 Å². The fraction of sp³-hybridized carbons (Fsp3) is 0. The van der Waals surface area contributed by atoms with Crippen LogP contribution in [0.3, 0.4) is 0 Å². The number of anilines is 3. The highest BCUT2D eigenvalue weighted by molar-refractivity contribution is 5.89. The standard InChI is InChI=1S/C25H18FN9/c1-14(31-17-6-9-28-29-12-17)21-10-15-2-3-16(11-22(15)32-21)25-27-8-7-23(34-25)33-20-5-4-19-18(24(20)26)13-30-35-19/h2-13,32H,1H2,(H,28,31)(H,30,35)(H,27,33,34). The molecule has 4 N–H and O–H groups in total. The van der Waals surface area contributed by atoms with Crippen LogP contribution < -0.4 is 10.6 Å². The number of hydrogen-bond acceptors (Lipinski definition) is 7. The topological polar surface area (TPSA) is 120 Å². The quantitative estimate of drug-likeness (QED) is 0.266. The van der Waals surface area contributed by atoms with E-state index in [-0.39, 0.29) is 0 Å². The van der Waals surface area contributed by atoms with E-state index in [0.717, 1.165) is 27.8 Å². The number of halogens is 1. The highest BCUT2D eigenvalue weighted by atomic mass is 19.1. The maximum absolute atomic E-state index is 14.8. The predicted molar refractivity (Wildman–Crippen MR) is 133 cm³/mol. The molecule has 35 heavy (non-hydrogen) atoms. The summed E-state index contributed by atoms with van der Waals surface area (Å²) >= 11 is 0. The fourth-order valence-electron chi connectivity index (χ4n) is 3.82. The van der Waals surface area contributed by atoms with E-state index in [0.29, 0.717) is 33.9 Å². The fourth-order valence-corrected chi connectivity index (χ4v) is 3.82. The third-order valence-corrected chi connectivity index (χ3v) is 5.56.